The molecule has 0 aliphatic carbocycles. The van der Waals surface area contributed by atoms with Gasteiger partial charge in [0.1, 0.15) is 19.0 Å². The molecule has 0 unspecified atom stereocenters. The van der Waals surface area contributed by atoms with Gasteiger partial charge in [-0.3, -0.25) is 9.63 Å². The summed E-state index contributed by atoms with van der Waals surface area (Å²) in [6.07, 6.45) is 0. The highest BCUT2D eigenvalue weighted by molar-refractivity contribution is 7.89. The zero-order chi connectivity index (χ0) is 17.4. The molecule has 0 aromatic heterocycles. The van der Waals surface area contributed by atoms with Crippen molar-refractivity contribution < 1.29 is 22.8 Å². The highest BCUT2D eigenvalue weighted by Crippen LogP contribution is 2.14. The van der Waals surface area contributed by atoms with Crippen molar-refractivity contribution in [2.45, 2.75) is 11.8 Å². The van der Waals surface area contributed by atoms with Crippen LogP contribution in [0.3, 0.4) is 0 Å². The van der Waals surface area contributed by atoms with Crippen LogP contribution in [0.4, 0.5) is 5.69 Å². The second-order valence-electron chi connectivity index (χ2n) is 4.80. The summed E-state index contributed by atoms with van der Waals surface area (Å²) in [5.74, 6) is 0.447. The molecule has 0 atom stereocenters. The number of ether oxygens (including phenoxy) is 1. The number of hydrogen-bond donors (Lipinski definition) is 2. The van der Waals surface area contributed by atoms with Crippen LogP contribution in [0.2, 0.25) is 0 Å². The zero-order valence-corrected chi connectivity index (χ0v) is 13.9. The molecule has 2 aromatic rings. The number of carbonyl (C=O) groups excluding carboxylic acids is 1. The van der Waals surface area contributed by atoms with E-state index in [4.69, 9.17) is 9.57 Å². The Morgan fingerprint density at radius 1 is 1.00 bits per heavy atom. The molecule has 0 fully saturated rings. The summed E-state index contributed by atoms with van der Waals surface area (Å²) in [4.78, 5) is 17.9. The molecule has 24 heavy (non-hydrogen) atoms. The third kappa shape index (κ3) is 5.65. The molecule has 1 amide bonds. The van der Waals surface area contributed by atoms with Gasteiger partial charge in [0.15, 0.2) is 0 Å². The molecule has 0 saturated heterocycles. The standard InChI is InChI=1S/C16H18N2O5S/c1-13(19)17-14-7-9-16(10-8-14)24(20,21)18-23-12-11-22-15-5-3-2-4-6-15/h2-10,18H,11-12H2,1H3,(H,17,19). The lowest BCUT2D eigenvalue weighted by molar-refractivity contribution is -0.114. The number of nitrogens with one attached hydrogen (secondary N) is 2. The molecule has 0 aliphatic rings. The van der Waals surface area contributed by atoms with Crippen LogP contribution in [0.5, 0.6) is 5.75 Å². The fourth-order valence-electron chi connectivity index (χ4n) is 1.81. The minimum Gasteiger partial charge on any atom is -0.491 e. The summed E-state index contributed by atoms with van der Waals surface area (Å²) in [5, 5.41) is 2.56. The lowest BCUT2D eigenvalue weighted by atomic mass is 10.3. The fraction of sp³-hybridized carbons (Fsp3) is 0.188. The number of anilines is 1. The van der Waals surface area contributed by atoms with E-state index in [9.17, 15) is 13.2 Å². The average molecular weight is 350 g/mol. The van der Waals surface area contributed by atoms with Gasteiger partial charge in [-0.15, -0.1) is 0 Å². The van der Waals surface area contributed by atoms with Crippen molar-refractivity contribution in [2.75, 3.05) is 18.5 Å². The van der Waals surface area contributed by atoms with Crippen molar-refractivity contribution in [2.24, 2.45) is 0 Å². The van der Waals surface area contributed by atoms with E-state index in [0.29, 0.717) is 11.4 Å². The summed E-state index contributed by atoms with van der Waals surface area (Å²) in [5.41, 5.74) is 0.513. The molecule has 2 aromatic carbocycles. The first-order valence-electron chi connectivity index (χ1n) is 7.16. The van der Waals surface area contributed by atoms with Gasteiger partial charge in [-0.05, 0) is 36.4 Å². The average Bonchev–Trinajstić information content (AvgIpc) is 2.55. The van der Waals surface area contributed by atoms with Crippen LogP contribution in [-0.2, 0) is 19.7 Å². The maximum Gasteiger partial charge on any atom is 0.262 e. The Morgan fingerprint density at radius 2 is 1.67 bits per heavy atom. The first-order chi connectivity index (χ1) is 11.5. The van der Waals surface area contributed by atoms with E-state index in [2.05, 4.69) is 5.32 Å². The number of carbonyl (C=O) groups is 1. The van der Waals surface area contributed by atoms with Crippen LogP contribution < -0.4 is 14.9 Å². The molecule has 0 radical (unpaired) electrons. The molecule has 7 nitrogen and oxygen atoms in total. The summed E-state index contributed by atoms with van der Waals surface area (Å²) in [6, 6.07) is 14.9. The van der Waals surface area contributed by atoms with Crippen LogP contribution in [0.1, 0.15) is 6.92 Å². The Balaban J connectivity index is 1.79. The number of hydrogen-bond acceptors (Lipinski definition) is 5. The molecule has 2 rings (SSSR count). The lowest BCUT2D eigenvalue weighted by Gasteiger charge is -2.09. The van der Waals surface area contributed by atoms with Crippen LogP contribution in [0, 0.1) is 0 Å². The minimum atomic E-state index is -3.79. The monoisotopic (exact) mass is 350 g/mol. The third-order valence-electron chi connectivity index (χ3n) is 2.85. The second kappa shape index (κ2) is 8.44. The summed E-state index contributed by atoms with van der Waals surface area (Å²) in [7, 11) is -3.79. The number of rotatable bonds is 8. The van der Waals surface area contributed by atoms with Gasteiger partial charge in [0.2, 0.25) is 5.91 Å². The van der Waals surface area contributed by atoms with Crippen LogP contribution >= 0.6 is 0 Å². The molecule has 2 N–H and O–H groups in total. The van der Waals surface area contributed by atoms with Gasteiger partial charge in [0.25, 0.3) is 10.0 Å². The predicted molar refractivity (Wildman–Crippen MR) is 89.0 cm³/mol. The molecule has 128 valence electrons. The Hall–Kier alpha value is -2.42. The van der Waals surface area contributed by atoms with Gasteiger partial charge < -0.3 is 10.1 Å². The third-order valence-corrected chi connectivity index (χ3v) is 4.08. The van der Waals surface area contributed by atoms with Crippen molar-refractivity contribution in [3.63, 3.8) is 0 Å². The predicted octanol–water partition coefficient (Wildman–Crippen LogP) is 1.93. The van der Waals surface area contributed by atoms with Gasteiger partial charge in [-0.2, -0.15) is 0 Å². The lowest BCUT2D eigenvalue weighted by Crippen LogP contribution is -2.26. The van der Waals surface area contributed by atoms with Gasteiger partial charge in [0, 0.05) is 12.6 Å². The molecular formula is C16H18N2O5S. The van der Waals surface area contributed by atoms with Gasteiger partial charge in [-0.1, -0.05) is 23.1 Å². The Labute approximate surface area is 140 Å². The maximum atomic E-state index is 12.0. The first kappa shape index (κ1) is 17.9. The van der Waals surface area contributed by atoms with Crippen LogP contribution in [0.15, 0.2) is 59.5 Å². The quantitative estimate of drug-likeness (QED) is 0.560. The van der Waals surface area contributed by atoms with Crippen molar-refractivity contribution in [3.05, 3.63) is 54.6 Å². The van der Waals surface area contributed by atoms with Crippen LogP contribution in [0.25, 0.3) is 0 Å². The number of benzene rings is 2. The number of para-hydroxylation sites is 1. The fourth-order valence-corrected chi connectivity index (χ4v) is 2.64. The van der Waals surface area contributed by atoms with E-state index in [-0.39, 0.29) is 24.0 Å². The summed E-state index contributed by atoms with van der Waals surface area (Å²) >= 11 is 0. The van der Waals surface area contributed by atoms with E-state index < -0.39 is 10.0 Å². The van der Waals surface area contributed by atoms with Crippen molar-refractivity contribution in [1.29, 1.82) is 0 Å². The molecule has 0 heterocycles. The van der Waals surface area contributed by atoms with E-state index >= 15 is 0 Å². The largest absolute Gasteiger partial charge is 0.491 e. The van der Waals surface area contributed by atoms with Gasteiger partial charge in [-0.25, -0.2) is 8.42 Å². The SMILES string of the molecule is CC(=O)Nc1ccc(S(=O)(=O)NOCCOc2ccccc2)cc1. The summed E-state index contributed by atoms with van der Waals surface area (Å²) < 4.78 is 29.4. The number of sulfonamides is 1. The normalized spacial score (nSPS) is 11.0. The molecule has 0 bridgehead atoms. The Kier molecular flexibility index (Phi) is 6.30. The Morgan fingerprint density at radius 3 is 2.29 bits per heavy atom. The minimum absolute atomic E-state index is 0.0283. The topological polar surface area (TPSA) is 93.7 Å². The Bertz CT molecular complexity index is 761. The van der Waals surface area contributed by atoms with Crippen LogP contribution in [-0.4, -0.2) is 27.5 Å². The van der Waals surface area contributed by atoms with Gasteiger partial charge >= 0.3 is 0 Å². The smallest absolute Gasteiger partial charge is 0.262 e. The molecular weight excluding hydrogens is 332 g/mol. The maximum absolute atomic E-state index is 12.0. The van der Waals surface area contributed by atoms with Gasteiger partial charge in [0.05, 0.1) is 4.90 Å². The van der Waals surface area contributed by atoms with Crippen molar-refractivity contribution in [1.82, 2.24) is 4.89 Å². The molecule has 0 saturated carbocycles. The van der Waals surface area contributed by atoms with Crippen molar-refractivity contribution in [3.8, 4) is 5.75 Å². The highest BCUT2D eigenvalue weighted by atomic mass is 32.2. The van der Waals surface area contributed by atoms with E-state index in [1.807, 2.05) is 23.1 Å². The highest BCUT2D eigenvalue weighted by Gasteiger charge is 2.14. The second-order valence-corrected chi connectivity index (χ2v) is 6.45. The van der Waals surface area contributed by atoms with E-state index in [1.165, 1.54) is 31.2 Å². The van der Waals surface area contributed by atoms with E-state index in [0.717, 1.165) is 0 Å². The van der Waals surface area contributed by atoms with E-state index in [1.54, 1.807) is 12.1 Å². The van der Waals surface area contributed by atoms with Crippen molar-refractivity contribution >= 4 is 21.6 Å². The zero-order valence-electron chi connectivity index (χ0n) is 13.1. The number of amides is 1. The molecule has 0 spiro atoms. The summed E-state index contributed by atoms with van der Waals surface area (Å²) in [6.45, 7) is 1.63. The molecule has 8 heteroatoms. The molecule has 0 aliphatic heterocycles. The first-order valence-corrected chi connectivity index (χ1v) is 8.65.